The Hall–Kier alpha value is -2.63. The first kappa shape index (κ1) is 17.2. The normalized spacial score (nSPS) is 16.8. The number of aryl methyl sites for hydroxylation is 2. The van der Waals surface area contributed by atoms with Crippen molar-refractivity contribution in [3.8, 4) is 11.8 Å². The molecule has 3 rings (SSSR count). The zero-order valence-corrected chi connectivity index (χ0v) is 14.9. The number of amides is 1. The van der Waals surface area contributed by atoms with Gasteiger partial charge in [-0.05, 0) is 26.0 Å². The van der Waals surface area contributed by atoms with Gasteiger partial charge in [0.2, 0.25) is 5.91 Å². The minimum absolute atomic E-state index is 0.0668. The van der Waals surface area contributed by atoms with Crippen molar-refractivity contribution in [2.45, 2.75) is 32.8 Å². The molecule has 1 atom stereocenters. The number of carbonyl (C=O) groups excluding carboxylic acids is 1. The summed E-state index contributed by atoms with van der Waals surface area (Å²) >= 11 is 0. The van der Waals surface area contributed by atoms with Crippen molar-refractivity contribution in [3.63, 3.8) is 0 Å². The highest BCUT2D eigenvalue weighted by atomic mass is 16.5. The quantitative estimate of drug-likeness (QED) is 0.835. The van der Waals surface area contributed by atoms with Crippen LogP contribution in [-0.2, 0) is 11.2 Å². The first-order valence-electron chi connectivity index (χ1n) is 8.44. The number of methoxy groups -OCH3 is 1. The molecule has 2 aromatic rings. The molecule has 1 saturated heterocycles. The van der Waals surface area contributed by atoms with Crippen molar-refractivity contribution >= 4 is 5.91 Å². The molecule has 0 spiro atoms. The van der Waals surface area contributed by atoms with E-state index in [9.17, 15) is 4.79 Å². The first-order chi connectivity index (χ1) is 12.0. The van der Waals surface area contributed by atoms with Gasteiger partial charge in [0, 0.05) is 29.9 Å². The van der Waals surface area contributed by atoms with Crippen molar-refractivity contribution in [2.24, 2.45) is 0 Å². The molecule has 0 saturated carbocycles. The molecule has 0 aliphatic carbocycles. The number of ether oxygens (including phenoxy) is 2. The smallest absolute Gasteiger partial charge is 0.317 e. The highest BCUT2D eigenvalue weighted by molar-refractivity contribution is 5.79. The van der Waals surface area contributed by atoms with E-state index in [-0.39, 0.29) is 12.0 Å². The standard InChI is InChI=1S/C19H23N3O3/c1-13-10-14(2)21-19(20-13)25-16-8-9-22(12-16)18(23)11-15-6-4-5-7-17(15)24-3/h4-7,10,16H,8-9,11-12H2,1-3H3. The molecule has 1 aromatic carbocycles. The fourth-order valence-electron chi connectivity index (χ4n) is 3.07. The zero-order valence-electron chi connectivity index (χ0n) is 14.9. The molecular formula is C19H23N3O3. The minimum Gasteiger partial charge on any atom is -0.496 e. The Balaban J connectivity index is 1.59. The van der Waals surface area contributed by atoms with E-state index in [2.05, 4.69) is 9.97 Å². The van der Waals surface area contributed by atoms with E-state index in [1.807, 2.05) is 49.1 Å². The van der Waals surface area contributed by atoms with Gasteiger partial charge < -0.3 is 14.4 Å². The maximum atomic E-state index is 12.6. The van der Waals surface area contributed by atoms with Crippen LogP contribution in [0.15, 0.2) is 30.3 Å². The number of hydrogen-bond acceptors (Lipinski definition) is 5. The van der Waals surface area contributed by atoms with Crippen LogP contribution in [0.3, 0.4) is 0 Å². The zero-order chi connectivity index (χ0) is 17.8. The minimum atomic E-state index is -0.0668. The third-order valence-corrected chi connectivity index (χ3v) is 4.27. The van der Waals surface area contributed by atoms with E-state index in [4.69, 9.17) is 9.47 Å². The Morgan fingerprint density at radius 3 is 2.68 bits per heavy atom. The van der Waals surface area contributed by atoms with Crippen LogP contribution >= 0.6 is 0 Å². The Bertz CT molecular complexity index is 743. The number of aromatic nitrogens is 2. The van der Waals surface area contributed by atoms with Gasteiger partial charge in [-0.15, -0.1) is 0 Å². The largest absolute Gasteiger partial charge is 0.496 e. The summed E-state index contributed by atoms with van der Waals surface area (Å²) in [6, 6.07) is 9.90. The van der Waals surface area contributed by atoms with Gasteiger partial charge in [-0.25, -0.2) is 9.97 Å². The number of para-hydroxylation sites is 1. The molecule has 0 radical (unpaired) electrons. The fourth-order valence-corrected chi connectivity index (χ4v) is 3.07. The van der Waals surface area contributed by atoms with E-state index in [1.165, 1.54) is 0 Å². The van der Waals surface area contributed by atoms with Crippen LogP contribution in [0.25, 0.3) is 0 Å². The number of likely N-dealkylation sites (tertiary alicyclic amines) is 1. The Kier molecular flexibility index (Phi) is 5.16. The van der Waals surface area contributed by atoms with Crippen molar-refractivity contribution in [2.75, 3.05) is 20.2 Å². The van der Waals surface area contributed by atoms with Crippen LogP contribution in [0.1, 0.15) is 23.4 Å². The molecule has 1 aromatic heterocycles. The second-order valence-corrected chi connectivity index (χ2v) is 6.29. The van der Waals surface area contributed by atoms with Crippen LogP contribution < -0.4 is 9.47 Å². The molecule has 1 fully saturated rings. The molecule has 132 valence electrons. The lowest BCUT2D eigenvalue weighted by Crippen LogP contribution is -2.32. The molecule has 25 heavy (non-hydrogen) atoms. The third kappa shape index (κ3) is 4.26. The van der Waals surface area contributed by atoms with E-state index < -0.39 is 0 Å². The molecule has 1 amide bonds. The van der Waals surface area contributed by atoms with Gasteiger partial charge in [0.05, 0.1) is 20.1 Å². The van der Waals surface area contributed by atoms with Crippen molar-refractivity contribution < 1.29 is 14.3 Å². The van der Waals surface area contributed by atoms with Gasteiger partial charge in [0.1, 0.15) is 11.9 Å². The molecule has 1 aliphatic heterocycles. The predicted octanol–water partition coefficient (Wildman–Crippen LogP) is 2.32. The summed E-state index contributed by atoms with van der Waals surface area (Å²) in [6.45, 7) is 5.08. The lowest BCUT2D eigenvalue weighted by molar-refractivity contribution is -0.129. The highest BCUT2D eigenvalue weighted by Gasteiger charge is 2.28. The topological polar surface area (TPSA) is 64.5 Å². The van der Waals surface area contributed by atoms with E-state index in [0.717, 1.165) is 29.1 Å². The molecule has 6 heteroatoms. The number of rotatable bonds is 5. The van der Waals surface area contributed by atoms with Crippen molar-refractivity contribution in [1.29, 1.82) is 0 Å². The van der Waals surface area contributed by atoms with Crippen molar-refractivity contribution in [3.05, 3.63) is 47.3 Å². The monoisotopic (exact) mass is 341 g/mol. The number of nitrogens with zero attached hydrogens (tertiary/aromatic N) is 3. The summed E-state index contributed by atoms with van der Waals surface area (Å²) in [4.78, 5) is 23.0. The second kappa shape index (κ2) is 7.51. The molecule has 0 bridgehead atoms. The molecule has 6 nitrogen and oxygen atoms in total. The molecular weight excluding hydrogens is 318 g/mol. The van der Waals surface area contributed by atoms with Crippen LogP contribution in [0.2, 0.25) is 0 Å². The van der Waals surface area contributed by atoms with E-state index in [0.29, 0.717) is 25.5 Å². The number of benzene rings is 1. The molecule has 1 aliphatic rings. The van der Waals surface area contributed by atoms with E-state index in [1.54, 1.807) is 7.11 Å². The summed E-state index contributed by atoms with van der Waals surface area (Å²) in [7, 11) is 1.62. The highest BCUT2D eigenvalue weighted by Crippen LogP contribution is 2.21. The summed E-state index contributed by atoms with van der Waals surface area (Å²) < 4.78 is 11.2. The van der Waals surface area contributed by atoms with E-state index >= 15 is 0 Å². The molecule has 2 heterocycles. The predicted molar refractivity (Wildman–Crippen MR) is 93.8 cm³/mol. The lowest BCUT2D eigenvalue weighted by Gasteiger charge is -2.17. The van der Waals surface area contributed by atoms with Crippen LogP contribution in [-0.4, -0.2) is 47.1 Å². The van der Waals surface area contributed by atoms with Crippen LogP contribution in [0.5, 0.6) is 11.8 Å². The first-order valence-corrected chi connectivity index (χ1v) is 8.44. The SMILES string of the molecule is COc1ccccc1CC(=O)N1CCC(Oc2nc(C)cc(C)n2)C1. The fraction of sp³-hybridized carbons (Fsp3) is 0.421. The number of hydrogen-bond donors (Lipinski definition) is 0. The number of carbonyl (C=O) groups is 1. The summed E-state index contributed by atoms with van der Waals surface area (Å²) in [6.07, 6.45) is 1.05. The van der Waals surface area contributed by atoms with Gasteiger partial charge in [-0.2, -0.15) is 0 Å². The average Bonchev–Trinajstić information content (AvgIpc) is 3.03. The Morgan fingerprint density at radius 1 is 1.24 bits per heavy atom. The van der Waals surface area contributed by atoms with Gasteiger partial charge >= 0.3 is 6.01 Å². The maximum Gasteiger partial charge on any atom is 0.317 e. The van der Waals surface area contributed by atoms with Crippen molar-refractivity contribution in [1.82, 2.24) is 14.9 Å². The summed E-state index contributed by atoms with van der Waals surface area (Å²) in [5.41, 5.74) is 2.66. The third-order valence-electron chi connectivity index (χ3n) is 4.27. The second-order valence-electron chi connectivity index (χ2n) is 6.29. The Morgan fingerprint density at radius 2 is 1.96 bits per heavy atom. The van der Waals surface area contributed by atoms with Gasteiger partial charge in [0.15, 0.2) is 0 Å². The average molecular weight is 341 g/mol. The van der Waals surface area contributed by atoms with Gasteiger partial charge in [0.25, 0.3) is 0 Å². The van der Waals surface area contributed by atoms with Gasteiger partial charge in [-0.3, -0.25) is 4.79 Å². The van der Waals surface area contributed by atoms with Crippen LogP contribution in [0, 0.1) is 13.8 Å². The summed E-state index contributed by atoms with van der Waals surface area (Å²) in [5, 5.41) is 0. The summed E-state index contributed by atoms with van der Waals surface area (Å²) in [5.74, 6) is 0.823. The van der Waals surface area contributed by atoms with Gasteiger partial charge in [-0.1, -0.05) is 18.2 Å². The lowest BCUT2D eigenvalue weighted by atomic mass is 10.1. The Labute approximate surface area is 147 Å². The molecule has 0 N–H and O–H groups in total. The maximum absolute atomic E-state index is 12.6. The molecule has 1 unspecified atom stereocenters. The van der Waals surface area contributed by atoms with Crippen LogP contribution in [0.4, 0.5) is 0 Å².